The third-order valence-electron chi connectivity index (χ3n) is 3.91. The van der Waals surface area contributed by atoms with E-state index in [1.165, 1.54) is 19.3 Å². The summed E-state index contributed by atoms with van der Waals surface area (Å²) in [5.74, 6) is 0.0476. The average molecular weight is 290 g/mol. The second kappa shape index (κ2) is 8.03. The Morgan fingerprint density at radius 3 is 2.57 bits per heavy atom. The summed E-state index contributed by atoms with van der Waals surface area (Å²) in [6.07, 6.45) is 5.42. The predicted octanol–water partition coefficient (Wildman–Crippen LogP) is 2.32. The Balaban J connectivity index is 1.92. The van der Waals surface area contributed by atoms with Gasteiger partial charge in [-0.3, -0.25) is 4.79 Å². The topological polar surface area (TPSA) is 52.6 Å². The van der Waals surface area contributed by atoms with Gasteiger partial charge in [-0.15, -0.1) is 0 Å². The lowest BCUT2D eigenvalue weighted by molar-refractivity contribution is -0.120. The molecule has 4 nitrogen and oxygen atoms in total. The van der Waals surface area contributed by atoms with Crippen molar-refractivity contribution in [3.05, 3.63) is 30.3 Å². The number of aliphatic hydroxyl groups is 1. The zero-order valence-corrected chi connectivity index (χ0v) is 12.8. The molecule has 1 aliphatic rings. The molecule has 1 amide bonds. The number of carbonyl (C=O) groups is 1. The van der Waals surface area contributed by atoms with Crippen molar-refractivity contribution in [3.63, 3.8) is 0 Å². The van der Waals surface area contributed by atoms with Crippen LogP contribution in [-0.2, 0) is 4.79 Å². The number of nitrogens with one attached hydrogen (secondary N) is 1. The highest BCUT2D eigenvalue weighted by atomic mass is 16.3. The molecular weight excluding hydrogens is 264 g/mol. The molecule has 0 unspecified atom stereocenters. The number of anilines is 1. The van der Waals surface area contributed by atoms with E-state index >= 15 is 0 Å². The molecule has 2 N–H and O–H groups in total. The Labute approximate surface area is 127 Å². The van der Waals surface area contributed by atoms with E-state index in [1.54, 1.807) is 6.92 Å². The van der Waals surface area contributed by atoms with Crippen LogP contribution in [-0.4, -0.2) is 36.2 Å². The molecule has 1 aliphatic carbocycles. The first-order valence-corrected chi connectivity index (χ1v) is 7.92. The molecule has 21 heavy (non-hydrogen) atoms. The molecule has 1 fully saturated rings. The van der Waals surface area contributed by atoms with Crippen molar-refractivity contribution in [3.8, 4) is 0 Å². The van der Waals surface area contributed by atoms with Crippen LogP contribution >= 0.6 is 0 Å². The summed E-state index contributed by atoms with van der Waals surface area (Å²) in [5.41, 5.74) is 0.970. The SMILES string of the molecule is C[C@H](O)CN(CC(=O)NC1CCCCC1)c1ccccc1. The van der Waals surface area contributed by atoms with E-state index in [-0.39, 0.29) is 5.91 Å². The summed E-state index contributed by atoms with van der Waals surface area (Å²) in [5, 5.41) is 12.8. The molecule has 1 atom stereocenters. The second-order valence-corrected chi connectivity index (χ2v) is 5.97. The van der Waals surface area contributed by atoms with Gasteiger partial charge in [0.1, 0.15) is 0 Å². The average Bonchev–Trinajstić information content (AvgIpc) is 2.48. The summed E-state index contributed by atoms with van der Waals surface area (Å²) < 4.78 is 0. The first-order chi connectivity index (χ1) is 10.1. The largest absolute Gasteiger partial charge is 0.392 e. The Morgan fingerprint density at radius 2 is 1.95 bits per heavy atom. The molecule has 0 aromatic heterocycles. The van der Waals surface area contributed by atoms with Gasteiger partial charge < -0.3 is 15.3 Å². The standard InChI is InChI=1S/C17H26N2O2/c1-14(20)12-19(16-10-6-3-7-11-16)13-17(21)18-15-8-4-2-5-9-15/h3,6-7,10-11,14-15,20H,2,4-5,8-9,12-13H2,1H3,(H,18,21)/t14-/m0/s1. The fourth-order valence-electron chi connectivity index (χ4n) is 2.91. The fraction of sp³-hybridized carbons (Fsp3) is 0.588. The van der Waals surface area contributed by atoms with Crippen LogP contribution in [0.4, 0.5) is 5.69 Å². The molecular formula is C17H26N2O2. The van der Waals surface area contributed by atoms with Gasteiger partial charge in [-0.1, -0.05) is 37.5 Å². The van der Waals surface area contributed by atoms with Crippen LogP contribution in [0.5, 0.6) is 0 Å². The number of rotatable bonds is 6. The Bertz CT molecular complexity index is 428. The predicted molar refractivity (Wildman–Crippen MR) is 85.4 cm³/mol. The van der Waals surface area contributed by atoms with E-state index in [4.69, 9.17) is 0 Å². The van der Waals surface area contributed by atoms with Gasteiger partial charge in [-0.05, 0) is 31.9 Å². The number of nitrogens with zero attached hydrogens (tertiary/aromatic N) is 1. The minimum atomic E-state index is -0.465. The minimum Gasteiger partial charge on any atom is -0.392 e. The summed E-state index contributed by atoms with van der Waals surface area (Å²) in [4.78, 5) is 14.2. The van der Waals surface area contributed by atoms with Gasteiger partial charge in [0.25, 0.3) is 0 Å². The van der Waals surface area contributed by atoms with Crippen molar-refractivity contribution >= 4 is 11.6 Å². The van der Waals surface area contributed by atoms with Crippen LogP contribution in [0.25, 0.3) is 0 Å². The number of amides is 1. The monoisotopic (exact) mass is 290 g/mol. The fourth-order valence-corrected chi connectivity index (χ4v) is 2.91. The third-order valence-corrected chi connectivity index (χ3v) is 3.91. The van der Waals surface area contributed by atoms with E-state index in [2.05, 4.69) is 5.32 Å². The lowest BCUT2D eigenvalue weighted by Crippen LogP contribution is -2.44. The van der Waals surface area contributed by atoms with Crippen LogP contribution in [0.2, 0.25) is 0 Å². The summed E-state index contributed by atoms with van der Waals surface area (Å²) in [6.45, 7) is 2.50. The summed E-state index contributed by atoms with van der Waals surface area (Å²) >= 11 is 0. The van der Waals surface area contributed by atoms with Gasteiger partial charge in [0.2, 0.25) is 5.91 Å². The van der Waals surface area contributed by atoms with E-state index in [9.17, 15) is 9.90 Å². The van der Waals surface area contributed by atoms with Gasteiger partial charge in [0.15, 0.2) is 0 Å². The smallest absolute Gasteiger partial charge is 0.239 e. The second-order valence-electron chi connectivity index (χ2n) is 5.97. The molecule has 116 valence electrons. The number of aliphatic hydroxyl groups excluding tert-OH is 1. The Hall–Kier alpha value is -1.55. The van der Waals surface area contributed by atoms with Crippen LogP contribution in [0, 0.1) is 0 Å². The highest BCUT2D eigenvalue weighted by Crippen LogP contribution is 2.18. The number of benzene rings is 1. The molecule has 0 aliphatic heterocycles. The lowest BCUT2D eigenvalue weighted by atomic mass is 9.95. The highest BCUT2D eigenvalue weighted by molar-refractivity contribution is 5.81. The van der Waals surface area contributed by atoms with Crippen molar-refractivity contribution in [2.45, 2.75) is 51.2 Å². The molecule has 4 heteroatoms. The molecule has 1 saturated carbocycles. The number of para-hydroxylation sites is 1. The van der Waals surface area contributed by atoms with Gasteiger partial charge in [0, 0.05) is 18.3 Å². The van der Waals surface area contributed by atoms with Crippen molar-refractivity contribution in [1.82, 2.24) is 5.32 Å². The number of hydrogen-bond acceptors (Lipinski definition) is 3. The van der Waals surface area contributed by atoms with Gasteiger partial charge >= 0.3 is 0 Å². The van der Waals surface area contributed by atoms with Crippen molar-refractivity contribution < 1.29 is 9.90 Å². The van der Waals surface area contributed by atoms with E-state index in [0.29, 0.717) is 19.1 Å². The van der Waals surface area contributed by atoms with E-state index in [0.717, 1.165) is 18.5 Å². The number of carbonyl (C=O) groups excluding carboxylic acids is 1. The third kappa shape index (κ3) is 5.38. The van der Waals surface area contributed by atoms with Crippen LogP contribution in [0.1, 0.15) is 39.0 Å². The molecule has 0 heterocycles. The molecule has 2 rings (SSSR count). The maximum Gasteiger partial charge on any atom is 0.239 e. The normalized spacial score (nSPS) is 17.2. The molecule has 1 aromatic carbocycles. The van der Waals surface area contributed by atoms with Crippen molar-refractivity contribution in [2.75, 3.05) is 18.0 Å². The zero-order chi connectivity index (χ0) is 15.1. The molecule has 0 bridgehead atoms. The molecule has 1 aromatic rings. The molecule has 0 saturated heterocycles. The van der Waals surface area contributed by atoms with Gasteiger partial charge in [0.05, 0.1) is 12.6 Å². The van der Waals surface area contributed by atoms with E-state index < -0.39 is 6.10 Å². The first-order valence-electron chi connectivity index (χ1n) is 7.92. The van der Waals surface area contributed by atoms with E-state index in [1.807, 2.05) is 35.2 Å². The maximum atomic E-state index is 12.2. The zero-order valence-electron chi connectivity index (χ0n) is 12.8. The quantitative estimate of drug-likeness (QED) is 0.845. The van der Waals surface area contributed by atoms with Crippen molar-refractivity contribution in [2.24, 2.45) is 0 Å². The Morgan fingerprint density at radius 1 is 1.29 bits per heavy atom. The first kappa shape index (κ1) is 15.8. The minimum absolute atomic E-state index is 0.0476. The number of hydrogen-bond donors (Lipinski definition) is 2. The van der Waals surface area contributed by atoms with Gasteiger partial charge in [-0.2, -0.15) is 0 Å². The molecule has 0 radical (unpaired) electrons. The van der Waals surface area contributed by atoms with Crippen molar-refractivity contribution in [1.29, 1.82) is 0 Å². The molecule has 0 spiro atoms. The summed E-state index contributed by atoms with van der Waals surface area (Å²) in [7, 11) is 0. The van der Waals surface area contributed by atoms with Crippen LogP contribution in [0.3, 0.4) is 0 Å². The maximum absolute atomic E-state index is 12.2. The van der Waals surface area contributed by atoms with Gasteiger partial charge in [-0.25, -0.2) is 0 Å². The Kier molecular flexibility index (Phi) is 6.05. The highest BCUT2D eigenvalue weighted by Gasteiger charge is 2.18. The van der Waals surface area contributed by atoms with Crippen LogP contribution in [0.15, 0.2) is 30.3 Å². The summed E-state index contributed by atoms with van der Waals surface area (Å²) in [6, 6.07) is 10.1. The lowest BCUT2D eigenvalue weighted by Gasteiger charge is -2.28. The van der Waals surface area contributed by atoms with Crippen LogP contribution < -0.4 is 10.2 Å².